The van der Waals surface area contributed by atoms with E-state index in [0.717, 1.165) is 25.6 Å². The number of rotatable bonds is 8. The van der Waals surface area contributed by atoms with E-state index >= 15 is 0 Å². The van der Waals surface area contributed by atoms with Crippen molar-refractivity contribution in [2.24, 2.45) is 5.92 Å². The number of nitrogens with zero attached hydrogens (tertiary/aromatic N) is 1. The van der Waals surface area contributed by atoms with Crippen molar-refractivity contribution in [1.82, 2.24) is 5.32 Å². The summed E-state index contributed by atoms with van der Waals surface area (Å²) in [5.41, 5.74) is 2.59. The van der Waals surface area contributed by atoms with Gasteiger partial charge in [-0.15, -0.1) is 0 Å². The monoisotopic (exact) mass is 340 g/mol. The van der Waals surface area contributed by atoms with Crippen LogP contribution in [0.25, 0.3) is 0 Å². The smallest absolute Gasteiger partial charge is 0.0587 e. The highest BCUT2D eigenvalue weighted by atomic mass is 79.9. The van der Waals surface area contributed by atoms with Gasteiger partial charge >= 0.3 is 0 Å². The molecule has 0 spiro atoms. The molecule has 1 saturated carbocycles. The fourth-order valence-electron chi connectivity index (χ4n) is 2.48. The highest BCUT2D eigenvalue weighted by Gasteiger charge is 2.19. The first kappa shape index (κ1) is 15.8. The molecule has 0 heterocycles. The van der Waals surface area contributed by atoms with E-state index in [9.17, 15) is 0 Å². The van der Waals surface area contributed by atoms with Crippen molar-refractivity contribution in [1.29, 1.82) is 0 Å². The lowest BCUT2D eigenvalue weighted by Gasteiger charge is -2.31. The summed E-state index contributed by atoms with van der Waals surface area (Å²) < 4.78 is 6.21. The van der Waals surface area contributed by atoms with Gasteiger partial charge in [-0.1, -0.05) is 28.4 Å². The van der Waals surface area contributed by atoms with Gasteiger partial charge in [-0.05, 0) is 36.5 Å². The lowest BCUT2D eigenvalue weighted by Crippen LogP contribution is -2.29. The Kier molecular flexibility index (Phi) is 6.33. The van der Waals surface area contributed by atoms with Crippen LogP contribution in [0.1, 0.15) is 24.8 Å². The van der Waals surface area contributed by atoms with Crippen LogP contribution < -0.4 is 10.2 Å². The van der Waals surface area contributed by atoms with Gasteiger partial charge in [0, 0.05) is 44.0 Å². The van der Waals surface area contributed by atoms with Gasteiger partial charge in [0.15, 0.2) is 0 Å². The first-order valence-corrected chi connectivity index (χ1v) is 8.19. The molecule has 0 saturated heterocycles. The molecule has 2 rings (SSSR count). The molecule has 1 fully saturated rings. The van der Waals surface area contributed by atoms with Gasteiger partial charge in [0.2, 0.25) is 0 Å². The van der Waals surface area contributed by atoms with Crippen LogP contribution in [-0.4, -0.2) is 33.9 Å². The molecule has 0 radical (unpaired) electrons. The Morgan fingerprint density at radius 1 is 1.40 bits per heavy atom. The van der Waals surface area contributed by atoms with Gasteiger partial charge in [0.05, 0.1) is 6.61 Å². The predicted molar refractivity (Wildman–Crippen MR) is 88.3 cm³/mol. The highest BCUT2D eigenvalue weighted by molar-refractivity contribution is 9.10. The van der Waals surface area contributed by atoms with Crippen molar-refractivity contribution in [3.05, 3.63) is 28.2 Å². The van der Waals surface area contributed by atoms with E-state index < -0.39 is 0 Å². The van der Waals surface area contributed by atoms with E-state index in [0.29, 0.717) is 0 Å². The second-order valence-corrected chi connectivity index (χ2v) is 6.48. The van der Waals surface area contributed by atoms with E-state index in [-0.39, 0.29) is 0 Å². The Hall–Kier alpha value is -0.580. The molecule has 0 unspecified atom stereocenters. The molecule has 1 aromatic carbocycles. The number of benzene rings is 1. The van der Waals surface area contributed by atoms with Crippen molar-refractivity contribution in [3.63, 3.8) is 0 Å². The molecule has 0 amide bonds. The third-order valence-electron chi connectivity index (χ3n) is 4.03. The van der Waals surface area contributed by atoms with Crippen LogP contribution in [0.2, 0.25) is 0 Å². The number of methoxy groups -OCH3 is 1. The van der Waals surface area contributed by atoms with E-state index in [1.165, 1.54) is 41.5 Å². The van der Waals surface area contributed by atoms with Crippen molar-refractivity contribution < 1.29 is 4.74 Å². The molecule has 1 aliphatic carbocycles. The summed E-state index contributed by atoms with van der Waals surface area (Å²) in [6.45, 7) is 3.68. The molecule has 1 aliphatic rings. The fourth-order valence-corrected chi connectivity index (χ4v) is 2.99. The Morgan fingerprint density at radius 2 is 2.20 bits per heavy atom. The lowest BCUT2D eigenvalue weighted by molar-refractivity contribution is 0.199. The molecule has 4 heteroatoms. The van der Waals surface area contributed by atoms with Crippen LogP contribution in [-0.2, 0) is 11.3 Å². The summed E-state index contributed by atoms with van der Waals surface area (Å²) in [5, 5.41) is 3.37. The molecule has 0 atom stereocenters. The Bertz CT molecular complexity index is 421. The van der Waals surface area contributed by atoms with E-state index in [4.69, 9.17) is 4.74 Å². The zero-order valence-electron chi connectivity index (χ0n) is 12.5. The standard InChI is InChI=1S/C16H25BrN2O/c1-19(12-13-4-3-5-13)15-7-6-14(16(17)10-15)11-18-8-9-20-2/h6-7,10,13,18H,3-5,8-9,11-12H2,1-2H3. The zero-order chi connectivity index (χ0) is 14.4. The summed E-state index contributed by atoms with van der Waals surface area (Å²) in [6.07, 6.45) is 4.20. The topological polar surface area (TPSA) is 24.5 Å². The molecule has 112 valence electrons. The van der Waals surface area contributed by atoms with Gasteiger partial charge in [-0.3, -0.25) is 0 Å². The minimum Gasteiger partial charge on any atom is -0.383 e. The Labute approximate surface area is 130 Å². The molecule has 0 aromatic heterocycles. The average molecular weight is 341 g/mol. The number of anilines is 1. The zero-order valence-corrected chi connectivity index (χ0v) is 14.1. The van der Waals surface area contributed by atoms with E-state index in [1.807, 2.05) is 0 Å². The maximum Gasteiger partial charge on any atom is 0.0587 e. The second kappa shape index (κ2) is 8.01. The Balaban J connectivity index is 1.87. The van der Waals surface area contributed by atoms with Crippen LogP contribution >= 0.6 is 15.9 Å². The van der Waals surface area contributed by atoms with Gasteiger partial charge in [-0.2, -0.15) is 0 Å². The Morgan fingerprint density at radius 3 is 2.80 bits per heavy atom. The van der Waals surface area contributed by atoms with Crippen LogP contribution in [0, 0.1) is 5.92 Å². The van der Waals surface area contributed by atoms with Gasteiger partial charge in [0.1, 0.15) is 0 Å². The molecule has 0 bridgehead atoms. The van der Waals surface area contributed by atoms with E-state index in [2.05, 4.69) is 51.4 Å². The molecule has 20 heavy (non-hydrogen) atoms. The normalized spacial score (nSPS) is 15.2. The molecule has 1 N–H and O–H groups in total. The fraction of sp³-hybridized carbons (Fsp3) is 0.625. The number of nitrogens with one attached hydrogen (secondary N) is 1. The molecule has 0 aliphatic heterocycles. The van der Waals surface area contributed by atoms with Crippen molar-refractivity contribution in [2.75, 3.05) is 38.8 Å². The summed E-state index contributed by atoms with van der Waals surface area (Å²) in [6, 6.07) is 6.65. The number of ether oxygens (including phenoxy) is 1. The van der Waals surface area contributed by atoms with Crippen LogP contribution in [0.5, 0.6) is 0 Å². The second-order valence-electron chi connectivity index (χ2n) is 5.62. The number of halogens is 1. The van der Waals surface area contributed by atoms with E-state index in [1.54, 1.807) is 7.11 Å². The van der Waals surface area contributed by atoms with Crippen molar-refractivity contribution in [2.45, 2.75) is 25.8 Å². The average Bonchev–Trinajstić information content (AvgIpc) is 2.40. The quantitative estimate of drug-likeness (QED) is 0.734. The predicted octanol–water partition coefficient (Wildman–Crippen LogP) is 3.42. The number of hydrogen-bond acceptors (Lipinski definition) is 3. The SMILES string of the molecule is COCCNCc1ccc(N(C)CC2CCC2)cc1Br. The van der Waals surface area contributed by atoms with Gasteiger partial charge < -0.3 is 15.0 Å². The molecule has 3 nitrogen and oxygen atoms in total. The van der Waals surface area contributed by atoms with Crippen LogP contribution in [0.15, 0.2) is 22.7 Å². The number of hydrogen-bond donors (Lipinski definition) is 1. The molecular weight excluding hydrogens is 316 g/mol. The summed E-state index contributed by atoms with van der Waals surface area (Å²) in [5.74, 6) is 0.897. The maximum atomic E-state index is 5.03. The van der Waals surface area contributed by atoms with Crippen molar-refractivity contribution in [3.8, 4) is 0 Å². The third-order valence-corrected chi connectivity index (χ3v) is 4.77. The van der Waals surface area contributed by atoms with Crippen molar-refractivity contribution >= 4 is 21.6 Å². The summed E-state index contributed by atoms with van der Waals surface area (Å²) in [7, 11) is 3.92. The highest BCUT2D eigenvalue weighted by Crippen LogP contribution is 2.29. The summed E-state index contributed by atoms with van der Waals surface area (Å²) in [4.78, 5) is 2.37. The first-order valence-electron chi connectivity index (χ1n) is 7.40. The van der Waals surface area contributed by atoms with Gasteiger partial charge in [0.25, 0.3) is 0 Å². The van der Waals surface area contributed by atoms with Crippen LogP contribution in [0.4, 0.5) is 5.69 Å². The van der Waals surface area contributed by atoms with Crippen LogP contribution in [0.3, 0.4) is 0 Å². The first-order chi connectivity index (χ1) is 9.70. The minimum absolute atomic E-state index is 0.750. The molecule has 1 aromatic rings. The summed E-state index contributed by atoms with van der Waals surface area (Å²) >= 11 is 3.68. The molecular formula is C16H25BrN2O. The maximum absolute atomic E-state index is 5.03. The third kappa shape index (κ3) is 4.47. The van der Waals surface area contributed by atoms with Gasteiger partial charge in [-0.25, -0.2) is 0 Å². The minimum atomic E-state index is 0.750. The lowest BCUT2D eigenvalue weighted by atomic mass is 9.85. The largest absolute Gasteiger partial charge is 0.383 e.